The number of nitrogens with two attached hydrogens (primary N) is 1. The van der Waals surface area contributed by atoms with Gasteiger partial charge in [-0.25, -0.2) is 9.97 Å². The number of aryl methyl sites for hydroxylation is 1. The van der Waals surface area contributed by atoms with Crippen LogP contribution in [0.4, 0.5) is 11.8 Å². The van der Waals surface area contributed by atoms with Crippen LogP contribution in [0.3, 0.4) is 0 Å². The molecule has 3 aromatic heterocycles. The van der Waals surface area contributed by atoms with Crippen molar-refractivity contribution in [3.05, 3.63) is 88.3 Å². The van der Waals surface area contributed by atoms with Crippen LogP contribution in [0, 0.1) is 0 Å². The highest BCUT2D eigenvalue weighted by atomic mass is 35.5. The number of benzene rings is 2. The number of para-hydroxylation sites is 1. The highest BCUT2D eigenvalue weighted by molar-refractivity contribution is 6.35. The molecule has 0 saturated carbocycles. The van der Waals surface area contributed by atoms with E-state index in [2.05, 4.69) is 20.4 Å². The predicted octanol–water partition coefficient (Wildman–Crippen LogP) is 3.98. The van der Waals surface area contributed by atoms with Gasteiger partial charge in [-0.1, -0.05) is 35.9 Å². The van der Waals surface area contributed by atoms with E-state index in [9.17, 15) is 4.79 Å². The molecule has 0 aliphatic rings. The Bertz CT molecular complexity index is 1560. The van der Waals surface area contributed by atoms with Gasteiger partial charge in [0.2, 0.25) is 5.95 Å². The fourth-order valence-corrected chi connectivity index (χ4v) is 4.12. The highest BCUT2D eigenvalue weighted by Gasteiger charge is 2.21. The lowest BCUT2D eigenvalue weighted by molar-refractivity contribution is 0.731. The number of aromatic nitrogens is 6. The van der Waals surface area contributed by atoms with E-state index in [4.69, 9.17) is 22.3 Å². The van der Waals surface area contributed by atoms with Crippen LogP contribution in [-0.4, -0.2) is 29.3 Å². The lowest BCUT2D eigenvalue weighted by atomic mass is 10.1. The maximum atomic E-state index is 13.6. The summed E-state index contributed by atoms with van der Waals surface area (Å²) in [5, 5.41) is 8.32. The fourth-order valence-electron chi connectivity index (χ4n) is 3.87. The Labute approximate surface area is 199 Å². The van der Waals surface area contributed by atoms with Crippen LogP contribution in [0.2, 0.25) is 5.02 Å². The Morgan fingerprint density at radius 2 is 1.85 bits per heavy atom. The average molecular weight is 473 g/mol. The zero-order valence-electron chi connectivity index (χ0n) is 18.5. The summed E-state index contributed by atoms with van der Waals surface area (Å²) in [7, 11) is 1.83. The first-order chi connectivity index (χ1) is 16.4. The van der Waals surface area contributed by atoms with Crippen molar-refractivity contribution in [2.75, 3.05) is 11.1 Å². The van der Waals surface area contributed by atoms with Gasteiger partial charge < -0.3 is 11.1 Å². The minimum Gasteiger partial charge on any atom is -0.368 e. The number of nitrogen functional groups attached to an aromatic ring is 1. The Morgan fingerprint density at radius 3 is 2.59 bits per heavy atom. The first-order valence-corrected chi connectivity index (χ1v) is 10.9. The Kier molecular flexibility index (Phi) is 5.46. The van der Waals surface area contributed by atoms with Gasteiger partial charge in [0.25, 0.3) is 5.56 Å². The average Bonchev–Trinajstić information content (AvgIpc) is 3.25. The summed E-state index contributed by atoms with van der Waals surface area (Å²) in [4.78, 5) is 27.0. The monoisotopic (exact) mass is 472 g/mol. The summed E-state index contributed by atoms with van der Waals surface area (Å²) < 4.78 is 3.26. The molecule has 0 saturated heterocycles. The molecule has 5 rings (SSSR count). The first-order valence-electron chi connectivity index (χ1n) is 10.6. The van der Waals surface area contributed by atoms with E-state index in [0.717, 1.165) is 11.1 Å². The van der Waals surface area contributed by atoms with Crippen LogP contribution in [0.25, 0.3) is 27.7 Å². The smallest absolute Gasteiger partial charge is 0.267 e. The number of nitrogens with zero attached hydrogens (tertiary/aromatic N) is 6. The van der Waals surface area contributed by atoms with E-state index in [1.54, 1.807) is 39.8 Å². The van der Waals surface area contributed by atoms with Crippen molar-refractivity contribution < 1.29 is 0 Å². The summed E-state index contributed by atoms with van der Waals surface area (Å²) in [5.41, 5.74) is 8.40. The summed E-state index contributed by atoms with van der Waals surface area (Å²) in [6, 6.07) is 14.1. The molecule has 5 aromatic rings. The molecule has 0 fully saturated rings. The van der Waals surface area contributed by atoms with Crippen LogP contribution in [0.5, 0.6) is 0 Å². The number of nitrogens with one attached hydrogen (secondary N) is 1. The van der Waals surface area contributed by atoms with Gasteiger partial charge >= 0.3 is 0 Å². The Morgan fingerprint density at radius 1 is 1.06 bits per heavy atom. The molecule has 0 aliphatic carbocycles. The topological polar surface area (TPSA) is 117 Å². The summed E-state index contributed by atoms with van der Waals surface area (Å²) in [6.45, 7) is 1.91. The highest BCUT2D eigenvalue weighted by Crippen LogP contribution is 2.30. The molecule has 3 heterocycles. The van der Waals surface area contributed by atoms with Crippen LogP contribution in [-0.2, 0) is 7.05 Å². The third-order valence-electron chi connectivity index (χ3n) is 5.45. The molecule has 10 heteroatoms. The quantitative estimate of drug-likeness (QED) is 0.397. The molecule has 9 nitrogen and oxygen atoms in total. The van der Waals surface area contributed by atoms with E-state index >= 15 is 0 Å². The van der Waals surface area contributed by atoms with Crippen molar-refractivity contribution in [3.63, 3.8) is 0 Å². The van der Waals surface area contributed by atoms with Crippen LogP contribution >= 0.6 is 11.6 Å². The third-order valence-corrected chi connectivity index (χ3v) is 5.77. The number of anilines is 2. The fraction of sp³-hybridized carbons (Fsp3) is 0.125. The second kappa shape index (κ2) is 8.60. The molecule has 170 valence electrons. The van der Waals surface area contributed by atoms with E-state index < -0.39 is 6.04 Å². The van der Waals surface area contributed by atoms with E-state index in [1.165, 1.54) is 0 Å². The van der Waals surface area contributed by atoms with Crippen molar-refractivity contribution in [2.24, 2.45) is 7.05 Å². The Hall–Kier alpha value is -4.24. The minimum absolute atomic E-state index is 0.126. The summed E-state index contributed by atoms with van der Waals surface area (Å²) >= 11 is 6.38. The zero-order chi connectivity index (χ0) is 23.8. The Balaban J connectivity index is 1.67. The molecular formula is C24H21ClN8O. The molecule has 2 aromatic carbocycles. The lowest BCUT2D eigenvalue weighted by Gasteiger charge is -2.21. The van der Waals surface area contributed by atoms with Gasteiger partial charge in [-0.3, -0.25) is 14.0 Å². The number of halogens is 1. The number of rotatable bonds is 5. The maximum Gasteiger partial charge on any atom is 0.267 e. The summed E-state index contributed by atoms with van der Waals surface area (Å²) in [5.74, 6) is 1.13. The van der Waals surface area contributed by atoms with Gasteiger partial charge in [0, 0.05) is 30.6 Å². The summed E-state index contributed by atoms with van der Waals surface area (Å²) in [6.07, 6.45) is 5.23. The largest absolute Gasteiger partial charge is 0.368 e. The molecule has 0 spiro atoms. The molecule has 1 unspecified atom stereocenters. The van der Waals surface area contributed by atoms with Gasteiger partial charge in [0.1, 0.15) is 11.6 Å². The normalized spacial score (nSPS) is 12.1. The molecule has 0 amide bonds. The van der Waals surface area contributed by atoms with Crippen molar-refractivity contribution in [1.82, 2.24) is 29.3 Å². The van der Waals surface area contributed by atoms with E-state index in [-0.39, 0.29) is 11.5 Å². The van der Waals surface area contributed by atoms with Crippen molar-refractivity contribution in [1.29, 1.82) is 0 Å². The first kappa shape index (κ1) is 21.6. The van der Waals surface area contributed by atoms with Gasteiger partial charge in [-0.05, 0) is 31.2 Å². The maximum absolute atomic E-state index is 13.6. The minimum atomic E-state index is -0.430. The zero-order valence-corrected chi connectivity index (χ0v) is 19.2. The molecular weight excluding hydrogens is 452 g/mol. The second-order valence-electron chi connectivity index (χ2n) is 7.84. The van der Waals surface area contributed by atoms with Crippen molar-refractivity contribution in [2.45, 2.75) is 13.0 Å². The van der Waals surface area contributed by atoms with Crippen LogP contribution < -0.4 is 16.6 Å². The van der Waals surface area contributed by atoms with Gasteiger partial charge in [-0.2, -0.15) is 10.1 Å². The number of hydrogen-bond donors (Lipinski definition) is 2. The standard InChI is InChI=1S/C24H21ClN8O/c1-14(29-21-17(12-27-24(26)31-21)15-11-28-32(2)13-15)22-30-19-10-6-9-18(25)20(19)23(34)33(22)16-7-4-3-5-8-16/h3-14H,1-2H3,(H3,26,27,29,31). The van der Waals surface area contributed by atoms with Crippen molar-refractivity contribution >= 4 is 34.3 Å². The molecule has 1 atom stereocenters. The molecule has 0 radical (unpaired) electrons. The molecule has 3 N–H and O–H groups in total. The van der Waals surface area contributed by atoms with E-state index in [0.29, 0.717) is 33.3 Å². The van der Waals surface area contributed by atoms with Crippen LogP contribution in [0.1, 0.15) is 18.8 Å². The van der Waals surface area contributed by atoms with Crippen molar-refractivity contribution in [3.8, 4) is 16.8 Å². The number of fused-ring (bicyclic) bond motifs is 1. The lowest BCUT2D eigenvalue weighted by Crippen LogP contribution is -2.27. The van der Waals surface area contributed by atoms with Gasteiger partial charge in [-0.15, -0.1) is 0 Å². The molecule has 0 bridgehead atoms. The SMILES string of the molecule is CC(Nc1nc(N)ncc1-c1cnn(C)c1)c1nc2cccc(Cl)c2c(=O)n1-c1ccccc1. The molecule has 0 aliphatic heterocycles. The predicted molar refractivity (Wildman–Crippen MR) is 133 cm³/mol. The van der Waals surface area contributed by atoms with Gasteiger partial charge in [0.05, 0.1) is 33.9 Å². The van der Waals surface area contributed by atoms with Gasteiger partial charge in [0.15, 0.2) is 0 Å². The number of hydrogen-bond acceptors (Lipinski definition) is 7. The second-order valence-corrected chi connectivity index (χ2v) is 8.25. The van der Waals surface area contributed by atoms with E-state index in [1.807, 2.05) is 50.5 Å². The van der Waals surface area contributed by atoms with Crippen LogP contribution in [0.15, 0.2) is 71.9 Å². The molecule has 34 heavy (non-hydrogen) atoms. The third kappa shape index (κ3) is 3.86.